The predicted octanol–water partition coefficient (Wildman–Crippen LogP) is 3.55. The number of aromatic nitrogens is 3. The number of rotatable bonds is 4. The molecule has 0 saturated heterocycles. The van der Waals surface area contributed by atoms with E-state index in [9.17, 15) is 4.79 Å². The van der Waals surface area contributed by atoms with Crippen LogP contribution in [0.4, 0.5) is 5.82 Å². The third kappa shape index (κ3) is 3.27. The van der Waals surface area contributed by atoms with E-state index in [2.05, 4.69) is 15.3 Å². The van der Waals surface area contributed by atoms with Crippen LogP contribution in [-0.2, 0) is 0 Å². The van der Waals surface area contributed by atoms with Crippen LogP contribution in [0.3, 0.4) is 0 Å². The van der Waals surface area contributed by atoms with Gasteiger partial charge in [-0.05, 0) is 43.0 Å². The summed E-state index contributed by atoms with van der Waals surface area (Å²) in [4.78, 5) is 20.9. The fraction of sp³-hybridized carbons (Fsp3) is 0.118. The molecule has 6 heteroatoms. The molecule has 0 atom stereocenters. The Bertz CT molecular complexity index is 844. The van der Waals surface area contributed by atoms with Gasteiger partial charge in [-0.15, -0.1) is 0 Å². The maximum absolute atomic E-state index is 12.5. The van der Waals surface area contributed by atoms with Crippen molar-refractivity contribution >= 4 is 23.5 Å². The summed E-state index contributed by atoms with van der Waals surface area (Å²) in [6.07, 6.45) is 7.26. The van der Waals surface area contributed by atoms with Crippen molar-refractivity contribution in [1.82, 2.24) is 14.5 Å². The molecule has 0 spiro atoms. The SMILES string of the molecule is CSc1nccn1-c1cccc(C(=O)Nc2ncccc2C)c1. The summed E-state index contributed by atoms with van der Waals surface area (Å²) in [6, 6.07) is 11.2. The molecule has 116 valence electrons. The van der Waals surface area contributed by atoms with Gasteiger partial charge in [-0.25, -0.2) is 9.97 Å². The Labute approximate surface area is 138 Å². The zero-order valence-electron chi connectivity index (χ0n) is 12.9. The second kappa shape index (κ2) is 6.66. The van der Waals surface area contributed by atoms with Crippen LogP contribution >= 0.6 is 11.8 Å². The molecule has 0 aliphatic rings. The van der Waals surface area contributed by atoms with Gasteiger partial charge in [0, 0.05) is 29.8 Å². The molecule has 0 saturated carbocycles. The molecule has 0 unspecified atom stereocenters. The number of aryl methyl sites for hydroxylation is 1. The Morgan fingerprint density at radius 1 is 1.17 bits per heavy atom. The van der Waals surface area contributed by atoms with Crippen molar-refractivity contribution in [3.63, 3.8) is 0 Å². The van der Waals surface area contributed by atoms with Gasteiger partial charge in [0.1, 0.15) is 5.82 Å². The predicted molar refractivity (Wildman–Crippen MR) is 92.3 cm³/mol. The van der Waals surface area contributed by atoms with E-state index in [1.165, 1.54) is 0 Å². The Morgan fingerprint density at radius 3 is 2.83 bits per heavy atom. The molecule has 2 heterocycles. The minimum atomic E-state index is -0.181. The van der Waals surface area contributed by atoms with Gasteiger partial charge < -0.3 is 5.32 Å². The molecule has 1 aromatic carbocycles. The van der Waals surface area contributed by atoms with E-state index in [1.807, 2.05) is 54.3 Å². The normalized spacial score (nSPS) is 10.5. The van der Waals surface area contributed by atoms with E-state index in [0.29, 0.717) is 11.4 Å². The first kappa shape index (κ1) is 15.3. The van der Waals surface area contributed by atoms with E-state index in [1.54, 1.807) is 30.2 Å². The Kier molecular flexibility index (Phi) is 4.43. The maximum atomic E-state index is 12.5. The van der Waals surface area contributed by atoms with Gasteiger partial charge in [-0.1, -0.05) is 23.9 Å². The number of nitrogens with zero attached hydrogens (tertiary/aromatic N) is 3. The standard InChI is InChI=1S/C17H16N4OS/c1-12-5-4-8-18-15(12)20-16(22)13-6-3-7-14(11-13)21-10-9-19-17(21)23-2/h3-11H,1-2H3,(H,18,20,22). The van der Waals surface area contributed by atoms with Gasteiger partial charge in [0.05, 0.1) is 0 Å². The summed E-state index contributed by atoms with van der Waals surface area (Å²) < 4.78 is 1.95. The number of hydrogen-bond donors (Lipinski definition) is 1. The largest absolute Gasteiger partial charge is 0.306 e. The second-order valence-corrected chi connectivity index (χ2v) is 5.73. The maximum Gasteiger partial charge on any atom is 0.256 e. The van der Waals surface area contributed by atoms with Crippen LogP contribution < -0.4 is 5.32 Å². The first-order valence-corrected chi connectivity index (χ1v) is 8.32. The molecule has 3 aromatic rings. The Morgan fingerprint density at radius 2 is 2.04 bits per heavy atom. The van der Waals surface area contributed by atoms with Crippen LogP contribution in [0.5, 0.6) is 0 Å². The molecule has 0 fully saturated rings. The molecule has 2 aromatic heterocycles. The van der Waals surface area contributed by atoms with Crippen molar-refractivity contribution in [1.29, 1.82) is 0 Å². The molecule has 1 N–H and O–H groups in total. The van der Waals surface area contributed by atoms with Crippen molar-refractivity contribution in [2.45, 2.75) is 12.1 Å². The topological polar surface area (TPSA) is 59.8 Å². The Balaban J connectivity index is 1.88. The zero-order valence-corrected chi connectivity index (χ0v) is 13.7. The number of hydrogen-bond acceptors (Lipinski definition) is 4. The van der Waals surface area contributed by atoms with Gasteiger partial charge in [0.15, 0.2) is 5.16 Å². The minimum Gasteiger partial charge on any atom is -0.306 e. The van der Waals surface area contributed by atoms with E-state index in [4.69, 9.17) is 0 Å². The summed E-state index contributed by atoms with van der Waals surface area (Å²) in [5, 5.41) is 3.73. The number of pyridine rings is 1. The van der Waals surface area contributed by atoms with Gasteiger partial charge in [0.25, 0.3) is 5.91 Å². The quantitative estimate of drug-likeness (QED) is 0.746. The Hall–Kier alpha value is -2.60. The van der Waals surface area contributed by atoms with Gasteiger partial charge in [0.2, 0.25) is 0 Å². The highest BCUT2D eigenvalue weighted by atomic mass is 32.2. The molecule has 23 heavy (non-hydrogen) atoms. The van der Waals surface area contributed by atoms with Gasteiger partial charge in [-0.2, -0.15) is 0 Å². The van der Waals surface area contributed by atoms with Crippen molar-refractivity contribution in [3.8, 4) is 5.69 Å². The minimum absolute atomic E-state index is 0.181. The molecular formula is C17H16N4OS. The van der Waals surface area contributed by atoms with Crippen LogP contribution in [0, 0.1) is 6.92 Å². The van der Waals surface area contributed by atoms with Crippen LogP contribution in [0.1, 0.15) is 15.9 Å². The first-order chi connectivity index (χ1) is 11.2. The summed E-state index contributed by atoms with van der Waals surface area (Å²) in [5.74, 6) is 0.398. The van der Waals surface area contributed by atoms with Crippen LogP contribution in [0.15, 0.2) is 60.1 Å². The van der Waals surface area contributed by atoms with Crippen LogP contribution in [-0.4, -0.2) is 26.7 Å². The zero-order chi connectivity index (χ0) is 16.2. The lowest BCUT2D eigenvalue weighted by Crippen LogP contribution is -2.14. The molecule has 0 bridgehead atoms. The molecule has 0 aliphatic carbocycles. The van der Waals surface area contributed by atoms with Crippen molar-refractivity contribution in [3.05, 3.63) is 66.1 Å². The third-order valence-corrected chi connectivity index (χ3v) is 4.08. The molecule has 0 aliphatic heterocycles. The molecule has 5 nitrogen and oxygen atoms in total. The highest BCUT2D eigenvalue weighted by Crippen LogP contribution is 2.19. The van der Waals surface area contributed by atoms with Crippen molar-refractivity contribution < 1.29 is 4.79 Å². The number of carbonyl (C=O) groups is 1. The number of imidazole rings is 1. The number of anilines is 1. The summed E-state index contributed by atoms with van der Waals surface area (Å²) in [7, 11) is 0. The van der Waals surface area contributed by atoms with E-state index >= 15 is 0 Å². The fourth-order valence-electron chi connectivity index (χ4n) is 2.23. The van der Waals surface area contributed by atoms with Crippen LogP contribution in [0.2, 0.25) is 0 Å². The summed E-state index contributed by atoms with van der Waals surface area (Å²) in [6.45, 7) is 1.91. The van der Waals surface area contributed by atoms with E-state index in [0.717, 1.165) is 16.4 Å². The van der Waals surface area contributed by atoms with E-state index in [-0.39, 0.29) is 5.91 Å². The van der Waals surface area contributed by atoms with Crippen LogP contribution in [0.25, 0.3) is 5.69 Å². The first-order valence-electron chi connectivity index (χ1n) is 7.10. The lowest BCUT2D eigenvalue weighted by atomic mass is 10.2. The second-order valence-electron chi connectivity index (χ2n) is 4.96. The average molecular weight is 324 g/mol. The number of thioether (sulfide) groups is 1. The number of benzene rings is 1. The number of carbonyl (C=O) groups excluding carboxylic acids is 1. The fourth-order valence-corrected chi connectivity index (χ4v) is 2.76. The highest BCUT2D eigenvalue weighted by molar-refractivity contribution is 7.98. The van der Waals surface area contributed by atoms with Gasteiger partial charge >= 0.3 is 0 Å². The molecule has 0 radical (unpaired) electrons. The molecular weight excluding hydrogens is 308 g/mol. The van der Waals surface area contributed by atoms with E-state index < -0.39 is 0 Å². The monoisotopic (exact) mass is 324 g/mol. The molecule has 3 rings (SSSR count). The molecule has 1 amide bonds. The van der Waals surface area contributed by atoms with Crippen molar-refractivity contribution in [2.24, 2.45) is 0 Å². The summed E-state index contributed by atoms with van der Waals surface area (Å²) >= 11 is 1.56. The van der Waals surface area contributed by atoms with Crippen molar-refractivity contribution in [2.75, 3.05) is 11.6 Å². The number of nitrogens with one attached hydrogen (secondary N) is 1. The lowest BCUT2D eigenvalue weighted by Gasteiger charge is -2.10. The van der Waals surface area contributed by atoms with Gasteiger partial charge in [-0.3, -0.25) is 9.36 Å². The average Bonchev–Trinajstić information content (AvgIpc) is 3.06. The lowest BCUT2D eigenvalue weighted by molar-refractivity contribution is 0.102. The smallest absolute Gasteiger partial charge is 0.256 e. The number of amides is 1. The third-order valence-electron chi connectivity index (χ3n) is 3.42. The highest BCUT2D eigenvalue weighted by Gasteiger charge is 2.10. The summed E-state index contributed by atoms with van der Waals surface area (Å²) in [5.41, 5.74) is 2.40.